The molecule has 158 valence electrons. The number of aliphatic carboxylic acids is 1. The summed E-state index contributed by atoms with van der Waals surface area (Å²) in [5.74, 6) is -3.65. The first-order valence-corrected chi connectivity index (χ1v) is 10.4. The molecule has 0 unspecified atom stereocenters. The number of fused-ring (bicyclic) bond motifs is 5. The van der Waals surface area contributed by atoms with Crippen LogP contribution in [-0.4, -0.2) is 39.5 Å². The third-order valence-corrected chi connectivity index (χ3v) is 9.10. The lowest BCUT2D eigenvalue weighted by Crippen LogP contribution is -2.71. The summed E-state index contributed by atoms with van der Waals surface area (Å²) in [4.78, 5) is 36.0. The van der Waals surface area contributed by atoms with Gasteiger partial charge in [-0.1, -0.05) is 32.4 Å². The second-order valence-electron chi connectivity index (χ2n) is 10.4. The zero-order valence-corrected chi connectivity index (χ0v) is 17.4. The summed E-state index contributed by atoms with van der Waals surface area (Å²) in [5.41, 5.74) is -4.14. The average molecular weight is 404 g/mol. The SMILES string of the molecule is C[C@H]1C[C@@H]2[C@](C)(C[C@H](O)[C@]3(F)[C@@]4(C)C=CC(=O)C=C4CC[C@@]23C)[C@@H]1C(=O)C(=O)O. The normalized spacial score (nSPS) is 51.0. The quantitative estimate of drug-likeness (QED) is 0.690. The Labute approximate surface area is 170 Å². The molecule has 2 N–H and O–H groups in total. The van der Waals surface area contributed by atoms with Crippen LogP contribution < -0.4 is 0 Å². The van der Waals surface area contributed by atoms with Crippen LogP contribution in [0.3, 0.4) is 0 Å². The van der Waals surface area contributed by atoms with Gasteiger partial charge in [-0.3, -0.25) is 9.59 Å². The topological polar surface area (TPSA) is 91.7 Å². The van der Waals surface area contributed by atoms with Crippen LogP contribution in [0.15, 0.2) is 23.8 Å². The van der Waals surface area contributed by atoms with Crippen LogP contribution in [0, 0.1) is 34.0 Å². The molecule has 3 saturated carbocycles. The maximum absolute atomic E-state index is 17.2. The van der Waals surface area contributed by atoms with Crippen molar-refractivity contribution in [3.05, 3.63) is 23.8 Å². The van der Waals surface area contributed by atoms with Crippen molar-refractivity contribution < 1.29 is 29.0 Å². The molecule has 4 rings (SSSR count). The maximum Gasteiger partial charge on any atom is 0.372 e. The molecule has 0 spiro atoms. The van der Waals surface area contributed by atoms with Gasteiger partial charge in [-0.25, -0.2) is 9.18 Å². The first kappa shape index (κ1) is 20.5. The van der Waals surface area contributed by atoms with Crippen molar-refractivity contribution in [3.8, 4) is 0 Å². The van der Waals surface area contributed by atoms with E-state index in [1.54, 1.807) is 13.0 Å². The number of carbonyl (C=O) groups excluding carboxylic acids is 2. The molecule has 0 bridgehead atoms. The highest BCUT2D eigenvalue weighted by Crippen LogP contribution is 2.74. The molecule has 0 aromatic heterocycles. The Morgan fingerprint density at radius 1 is 1.24 bits per heavy atom. The number of hydrogen-bond donors (Lipinski definition) is 2. The Morgan fingerprint density at radius 3 is 2.52 bits per heavy atom. The van der Waals surface area contributed by atoms with Crippen molar-refractivity contribution in [2.24, 2.45) is 34.0 Å². The predicted octanol–water partition coefficient (Wildman–Crippen LogP) is 3.26. The number of hydrogen-bond acceptors (Lipinski definition) is 4. The molecular weight excluding hydrogens is 375 g/mol. The van der Waals surface area contributed by atoms with E-state index in [4.69, 9.17) is 0 Å². The predicted molar refractivity (Wildman–Crippen MR) is 104 cm³/mol. The van der Waals surface area contributed by atoms with E-state index in [9.17, 15) is 24.6 Å². The van der Waals surface area contributed by atoms with Crippen LogP contribution in [0.25, 0.3) is 0 Å². The number of allylic oxidation sites excluding steroid dienone is 4. The molecule has 0 radical (unpaired) electrons. The van der Waals surface area contributed by atoms with E-state index in [0.29, 0.717) is 24.8 Å². The van der Waals surface area contributed by atoms with Gasteiger partial charge in [-0.05, 0) is 62.0 Å². The van der Waals surface area contributed by atoms with Crippen LogP contribution in [0.4, 0.5) is 4.39 Å². The van der Waals surface area contributed by atoms with E-state index < -0.39 is 45.7 Å². The highest BCUT2D eigenvalue weighted by Gasteiger charge is 2.76. The van der Waals surface area contributed by atoms with Gasteiger partial charge < -0.3 is 10.2 Å². The molecule has 5 nitrogen and oxygen atoms in total. The third kappa shape index (κ3) is 2.21. The molecule has 4 aliphatic carbocycles. The van der Waals surface area contributed by atoms with Crippen molar-refractivity contribution in [2.45, 2.75) is 65.2 Å². The minimum Gasteiger partial charge on any atom is -0.475 e. The van der Waals surface area contributed by atoms with Gasteiger partial charge in [0.2, 0.25) is 5.78 Å². The van der Waals surface area contributed by atoms with Gasteiger partial charge in [-0.15, -0.1) is 0 Å². The highest BCUT2D eigenvalue weighted by atomic mass is 19.1. The molecule has 6 heteroatoms. The fraction of sp³-hybridized carbons (Fsp3) is 0.696. The van der Waals surface area contributed by atoms with E-state index in [1.807, 2.05) is 20.8 Å². The second kappa shape index (κ2) is 5.87. The van der Waals surface area contributed by atoms with E-state index in [1.165, 1.54) is 12.2 Å². The standard InChI is InChI=1S/C23H29FO5/c1-12-9-15-20(2,17(12)18(27)19(28)29)11-16(26)23(24)21(3)8-6-14(25)10-13(21)5-7-22(15,23)4/h6,8,10,12,15-17,26H,5,7,9,11H2,1-4H3,(H,28,29)/t12-,15+,16-,17-,20-,21-,22-,23-/m0/s1. The lowest BCUT2D eigenvalue weighted by molar-refractivity contribution is -0.239. The Kier molecular flexibility index (Phi) is 4.14. The Balaban J connectivity index is 1.87. The van der Waals surface area contributed by atoms with Crippen LogP contribution in [0.5, 0.6) is 0 Å². The molecule has 29 heavy (non-hydrogen) atoms. The molecule has 3 fully saturated rings. The van der Waals surface area contributed by atoms with Gasteiger partial charge in [-0.2, -0.15) is 0 Å². The average Bonchev–Trinajstić information content (AvgIpc) is 2.90. The van der Waals surface area contributed by atoms with E-state index >= 15 is 4.39 Å². The van der Waals surface area contributed by atoms with Crippen LogP contribution >= 0.6 is 0 Å². The van der Waals surface area contributed by atoms with Crippen LogP contribution in [-0.2, 0) is 14.4 Å². The first-order valence-electron chi connectivity index (χ1n) is 10.4. The number of carboxylic acid groups (broad SMARTS) is 1. The minimum atomic E-state index is -2.01. The molecule has 8 atom stereocenters. The smallest absolute Gasteiger partial charge is 0.372 e. The number of rotatable bonds is 2. The lowest BCUT2D eigenvalue weighted by atomic mass is 9.39. The molecule has 0 aromatic carbocycles. The molecule has 0 saturated heterocycles. The van der Waals surface area contributed by atoms with Crippen molar-refractivity contribution in [1.82, 2.24) is 0 Å². The van der Waals surface area contributed by atoms with E-state index in [2.05, 4.69) is 0 Å². The van der Waals surface area contributed by atoms with Gasteiger partial charge >= 0.3 is 5.97 Å². The van der Waals surface area contributed by atoms with Gasteiger partial charge in [0.1, 0.15) is 0 Å². The second-order valence-corrected chi connectivity index (χ2v) is 10.4. The summed E-state index contributed by atoms with van der Waals surface area (Å²) in [7, 11) is 0. The molecule has 4 aliphatic rings. The lowest BCUT2D eigenvalue weighted by Gasteiger charge is -2.67. The van der Waals surface area contributed by atoms with Crippen molar-refractivity contribution in [2.75, 3.05) is 0 Å². The first-order chi connectivity index (χ1) is 13.3. The third-order valence-electron chi connectivity index (χ3n) is 9.10. The molecule has 0 heterocycles. The van der Waals surface area contributed by atoms with Gasteiger partial charge in [0.05, 0.1) is 6.10 Å². The molecule has 0 aliphatic heterocycles. The zero-order chi connectivity index (χ0) is 21.6. The highest BCUT2D eigenvalue weighted by molar-refractivity contribution is 6.33. The van der Waals surface area contributed by atoms with Gasteiger partial charge in [0, 0.05) is 16.7 Å². The summed E-state index contributed by atoms with van der Waals surface area (Å²) in [6.45, 7) is 7.32. The summed E-state index contributed by atoms with van der Waals surface area (Å²) in [5, 5.41) is 20.6. The van der Waals surface area contributed by atoms with Gasteiger partial charge in [0.15, 0.2) is 11.5 Å². The summed E-state index contributed by atoms with van der Waals surface area (Å²) in [6, 6.07) is 0. The minimum absolute atomic E-state index is 0.0302. The Hall–Kier alpha value is -1.82. The monoisotopic (exact) mass is 404 g/mol. The van der Waals surface area contributed by atoms with Crippen molar-refractivity contribution in [1.29, 1.82) is 0 Å². The summed E-state index contributed by atoms with van der Waals surface area (Å²) < 4.78 is 17.2. The number of aliphatic hydroxyl groups is 1. The number of alkyl halides is 1. The van der Waals surface area contributed by atoms with Crippen LogP contribution in [0.2, 0.25) is 0 Å². The summed E-state index contributed by atoms with van der Waals surface area (Å²) >= 11 is 0. The van der Waals surface area contributed by atoms with Crippen molar-refractivity contribution >= 4 is 17.5 Å². The zero-order valence-electron chi connectivity index (χ0n) is 17.4. The fourth-order valence-electron chi connectivity index (χ4n) is 7.89. The van der Waals surface area contributed by atoms with Crippen molar-refractivity contribution in [3.63, 3.8) is 0 Å². The van der Waals surface area contributed by atoms with E-state index in [0.717, 1.165) is 0 Å². The number of Topliss-reactive ketones (excluding diaryl/α,β-unsaturated/α-hetero) is 1. The Morgan fingerprint density at radius 2 is 1.90 bits per heavy atom. The van der Waals surface area contributed by atoms with Crippen LogP contribution in [0.1, 0.15) is 53.4 Å². The largest absolute Gasteiger partial charge is 0.475 e. The molecule has 0 aromatic rings. The van der Waals surface area contributed by atoms with Gasteiger partial charge in [0.25, 0.3) is 0 Å². The Bertz CT molecular complexity index is 876. The van der Waals surface area contributed by atoms with E-state index in [-0.39, 0.29) is 24.0 Å². The number of halogens is 1. The molecule has 0 amide bonds. The maximum atomic E-state index is 17.2. The fourth-order valence-corrected chi connectivity index (χ4v) is 7.89. The number of ketones is 2. The number of carbonyl (C=O) groups is 3. The number of aliphatic hydroxyl groups excluding tert-OH is 1. The molecular formula is C23H29FO5. The number of carboxylic acids is 1. The summed E-state index contributed by atoms with van der Waals surface area (Å²) in [6.07, 6.45) is 4.68.